The highest BCUT2D eigenvalue weighted by molar-refractivity contribution is 5.78. The molecule has 5 heteroatoms. The third-order valence-corrected chi connectivity index (χ3v) is 4.14. The molecule has 1 aliphatic heterocycles. The number of carbonyl (C=O) groups is 1. The third-order valence-electron chi connectivity index (χ3n) is 4.14. The molecule has 23 heavy (non-hydrogen) atoms. The van der Waals surface area contributed by atoms with Crippen molar-refractivity contribution in [1.82, 2.24) is 10.6 Å². The van der Waals surface area contributed by atoms with Gasteiger partial charge in [0.05, 0.1) is 25.8 Å². The van der Waals surface area contributed by atoms with Crippen molar-refractivity contribution in [3.05, 3.63) is 29.8 Å². The van der Waals surface area contributed by atoms with Gasteiger partial charge < -0.3 is 20.1 Å². The maximum absolute atomic E-state index is 12.2. The van der Waals surface area contributed by atoms with Gasteiger partial charge in [-0.05, 0) is 36.5 Å². The van der Waals surface area contributed by atoms with Crippen LogP contribution in [0.2, 0.25) is 0 Å². The molecule has 2 atom stereocenters. The van der Waals surface area contributed by atoms with Crippen LogP contribution in [0.1, 0.15) is 38.3 Å². The van der Waals surface area contributed by atoms with Gasteiger partial charge in [0.25, 0.3) is 0 Å². The Morgan fingerprint density at radius 2 is 2.09 bits per heavy atom. The predicted octanol–water partition coefficient (Wildman–Crippen LogP) is 2.28. The first-order valence-electron chi connectivity index (χ1n) is 8.35. The van der Waals surface area contributed by atoms with Crippen LogP contribution in [0, 0.1) is 5.92 Å². The minimum atomic E-state index is -0.00191. The number of benzene rings is 1. The molecule has 1 saturated heterocycles. The molecule has 2 rings (SSSR count). The summed E-state index contributed by atoms with van der Waals surface area (Å²) in [5.41, 5.74) is 1.09. The molecule has 0 saturated carbocycles. The van der Waals surface area contributed by atoms with Crippen LogP contribution in [0.25, 0.3) is 0 Å². The molecule has 128 valence electrons. The molecule has 0 aromatic heterocycles. The van der Waals surface area contributed by atoms with Gasteiger partial charge in [-0.1, -0.05) is 26.0 Å². The van der Waals surface area contributed by atoms with E-state index in [9.17, 15) is 4.79 Å². The zero-order valence-corrected chi connectivity index (χ0v) is 14.3. The summed E-state index contributed by atoms with van der Waals surface area (Å²) in [7, 11) is 1.65. The lowest BCUT2D eigenvalue weighted by molar-refractivity contribution is -0.121. The first-order chi connectivity index (χ1) is 11.1. The van der Waals surface area contributed by atoms with Crippen molar-refractivity contribution in [2.45, 2.75) is 38.8 Å². The Morgan fingerprint density at radius 1 is 1.35 bits per heavy atom. The Labute approximate surface area is 138 Å². The second-order valence-electron chi connectivity index (χ2n) is 6.33. The molecule has 1 fully saturated rings. The van der Waals surface area contributed by atoms with Crippen LogP contribution in [-0.2, 0) is 9.53 Å². The largest absolute Gasteiger partial charge is 0.497 e. The summed E-state index contributed by atoms with van der Waals surface area (Å²) < 4.78 is 10.7. The van der Waals surface area contributed by atoms with Gasteiger partial charge in [-0.3, -0.25) is 4.79 Å². The smallest absolute Gasteiger partial charge is 0.234 e. The fraction of sp³-hybridized carbons (Fsp3) is 0.611. The number of amides is 1. The Hall–Kier alpha value is -1.59. The summed E-state index contributed by atoms with van der Waals surface area (Å²) in [5.74, 6) is 1.14. The van der Waals surface area contributed by atoms with Crippen LogP contribution in [0.4, 0.5) is 0 Å². The average molecular weight is 320 g/mol. The van der Waals surface area contributed by atoms with Crippen molar-refractivity contribution >= 4 is 5.91 Å². The molecule has 1 aromatic carbocycles. The van der Waals surface area contributed by atoms with Crippen LogP contribution < -0.4 is 15.4 Å². The fourth-order valence-electron chi connectivity index (χ4n) is 2.82. The summed E-state index contributed by atoms with van der Waals surface area (Å²) >= 11 is 0. The maximum Gasteiger partial charge on any atom is 0.234 e. The van der Waals surface area contributed by atoms with E-state index >= 15 is 0 Å². The monoisotopic (exact) mass is 320 g/mol. The van der Waals surface area contributed by atoms with E-state index < -0.39 is 0 Å². The molecule has 5 nitrogen and oxygen atoms in total. The van der Waals surface area contributed by atoms with E-state index in [1.165, 1.54) is 0 Å². The van der Waals surface area contributed by atoms with Crippen molar-refractivity contribution in [1.29, 1.82) is 0 Å². The summed E-state index contributed by atoms with van der Waals surface area (Å²) in [5, 5.41) is 6.30. The van der Waals surface area contributed by atoms with Gasteiger partial charge in [0.2, 0.25) is 5.91 Å². The van der Waals surface area contributed by atoms with E-state index in [4.69, 9.17) is 9.47 Å². The molecule has 0 spiro atoms. The van der Waals surface area contributed by atoms with Crippen LogP contribution in [0.5, 0.6) is 5.75 Å². The molecule has 1 aromatic rings. The molecular formula is C18H28N2O3. The Kier molecular flexibility index (Phi) is 6.86. The SMILES string of the molecule is COc1ccc(C(NC(=O)CNCC2CCCO2)C(C)C)cc1. The van der Waals surface area contributed by atoms with Crippen molar-refractivity contribution in [2.24, 2.45) is 5.92 Å². The predicted molar refractivity (Wildman–Crippen MR) is 90.6 cm³/mol. The first kappa shape index (κ1) is 17.8. The average Bonchev–Trinajstić information content (AvgIpc) is 3.06. The van der Waals surface area contributed by atoms with Crippen molar-refractivity contribution < 1.29 is 14.3 Å². The lowest BCUT2D eigenvalue weighted by atomic mass is 9.96. The van der Waals surface area contributed by atoms with E-state index in [0.717, 1.165) is 37.3 Å². The minimum Gasteiger partial charge on any atom is -0.497 e. The van der Waals surface area contributed by atoms with Crippen LogP contribution in [0.3, 0.4) is 0 Å². The molecule has 2 N–H and O–H groups in total. The van der Waals surface area contributed by atoms with Gasteiger partial charge >= 0.3 is 0 Å². The highest BCUT2D eigenvalue weighted by atomic mass is 16.5. The lowest BCUT2D eigenvalue weighted by Crippen LogP contribution is -2.40. The molecule has 0 aliphatic carbocycles. The topological polar surface area (TPSA) is 59.6 Å². The number of hydrogen-bond acceptors (Lipinski definition) is 4. The number of rotatable bonds is 8. The van der Waals surface area contributed by atoms with Crippen molar-refractivity contribution in [3.63, 3.8) is 0 Å². The molecule has 0 radical (unpaired) electrons. The third kappa shape index (κ3) is 5.52. The van der Waals surface area contributed by atoms with E-state index in [0.29, 0.717) is 12.5 Å². The van der Waals surface area contributed by atoms with Gasteiger partial charge in [-0.25, -0.2) is 0 Å². The molecule has 2 unspecified atom stereocenters. The van der Waals surface area contributed by atoms with Gasteiger partial charge in [0, 0.05) is 13.2 Å². The zero-order chi connectivity index (χ0) is 16.7. The summed E-state index contributed by atoms with van der Waals surface area (Å²) in [6.45, 7) is 6.11. The normalized spacial score (nSPS) is 18.9. The number of methoxy groups -OCH3 is 1. The number of hydrogen-bond donors (Lipinski definition) is 2. The van der Waals surface area contributed by atoms with Crippen LogP contribution in [-0.4, -0.2) is 38.8 Å². The van der Waals surface area contributed by atoms with E-state index in [1.54, 1.807) is 7.11 Å². The van der Waals surface area contributed by atoms with Crippen molar-refractivity contribution in [2.75, 3.05) is 26.8 Å². The summed E-state index contributed by atoms with van der Waals surface area (Å²) in [6, 6.07) is 7.85. The lowest BCUT2D eigenvalue weighted by Gasteiger charge is -2.23. The van der Waals surface area contributed by atoms with E-state index in [-0.39, 0.29) is 18.1 Å². The number of ether oxygens (including phenoxy) is 2. The first-order valence-corrected chi connectivity index (χ1v) is 8.35. The molecular weight excluding hydrogens is 292 g/mol. The second kappa shape index (κ2) is 8.89. The Morgan fingerprint density at radius 3 is 2.65 bits per heavy atom. The Balaban J connectivity index is 1.83. The maximum atomic E-state index is 12.2. The van der Waals surface area contributed by atoms with Crippen LogP contribution in [0.15, 0.2) is 24.3 Å². The van der Waals surface area contributed by atoms with Gasteiger partial charge in [-0.2, -0.15) is 0 Å². The fourth-order valence-corrected chi connectivity index (χ4v) is 2.82. The molecule has 1 aliphatic rings. The van der Waals surface area contributed by atoms with Gasteiger partial charge in [0.1, 0.15) is 5.75 Å². The quantitative estimate of drug-likeness (QED) is 0.771. The zero-order valence-electron chi connectivity index (χ0n) is 14.3. The number of carbonyl (C=O) groups excluding carboxylic acids is 1. The summed E-state index contributed by atoms with van der Waals surface area (Å²) in [6.07, 6.45) is 2.45. The van der Waals surface area contributed by atoms with Crippen LogP contribution >= 0.6 is 0 Å². The highest BCUT2D eigenvalue weighted by Crippen LogP contribution is 2.23. The van der Waals surface area contributed by atoms with Gasteiger partial charge in [0.15, 0.2) is 0 Å². The second-order valence-corrected chi connectivity index (χ2v) is 6.33. The molecule has 1 heterocycles. The standard InChI is InChI=1S/C18H28N2O3/c1-13(2)18(14-6-8-15(22-3)9-7-14)20-17(21)12-19-11-16-5-4-10-23-16/h6-9,13,16,18-19H,4-5,10-12H2,1-3H3,(H,20,21). The number of nitrogens with one attached hydrogen (secondary N) is 2. The van der Waals surface area contributed by atoms with E-state index in [1.807, 2.05) is 24.3 Å². The molecule has 0 bridgehead atoms. The summed E-state index contributed by atoms with van der Waals surface area (Å²) in [4.78, 5) is 12.2. The minimum absolute atomic E-state index is 0.00191. The van der Waals surface area contributed by atoms with Crippen molar-refractivity contribution in [3.8, 4) is 5.75 Å². The highest BCUT2D eigenvalue weighted by Gasteiger charge is 2.19. The molecule has 1 amide bonds. The Bertz CT molecular complexity index is 482. The van der Waals surface area contributed by atoms with Gasteiger partial charge in [-0.15, -0.1) is 0 Å². The van der Waals surface area contributed by atoms with E-state index in [2.05, 4.69) is 24.5 Å².